The quantitative estimate of drug-likeness (QED) is 0.694. The summed E-state index contributed by atoms with van der Waals surface area (Å²) in [4.78, 5) is 0. The van der Waals surface area contributed by atoms with Gasteiger partial charge in [0.2, 0.25) is 0 Å². The summed E-state index contributed by atoms with van der Waals surface area (Å²) >= 11 is 5.95. The molecule has 1 aromatic carbocycles. The molecule has 2 rings (SSSR count). The van der Waals surface area contributed by atoms with Crippen LogP contribution in [0.3, 0.4) is 0 Å². The molecular weight excluding hydrogens is 196 g/mol. The lowest BCUT2D eigenvalue weighted by Crippen LogP contribution is -2.06. The Kier molecular flexibility index (Phi) is 2.69. The molecule has 1 nitrogen and oxygen atoms in total. The predicted molar refractivity (Wildman–Crippen MR) is 59.1 cm³/mol. The average molecular weight is 211 g/mol. The topological polar surface area (TPSA) is 9.23 Å². The van der Waals surface area contributed by atoms with E-state index in [0.717, 1.165) is 18.1 Å². The van der Waals surface area contributed by atoms with Crippen molar-refractivity contribution in [3.63, 3.8) is 0 Å². The molecule has 0 amide bonds. The highest BCUT2D eigenvalue weighted by atomic mass is 35.5. The maximum Gasteiger partial charge on any atom is 0.119 e. The van der Waals surface area contributed by atoms with Crippen molar-refractivity contribution in [2.45, 2.75) is 19.3 Å². The average Bonchev–Trinajstić information content (AvgIpc) is 2.99. The molecule has 0 N–H and O–H groups in total. The van der Waals surface area contributed by atoms with Gasteiger partial charge in [0.05, 0.1) is 7.11 Å². The minimum atomic E-state index is 0.397. The summed E-state index contributed by atoms with van der Waals surface area (Å²) in [5, 5.41) is 0. The van der Waals surface area contributed by atoms with Crippen LogP contribution < -0.4 is 4.74 Å². The van der Waals surface area contributed by atoms with Gasteiger partial charge in [-0.2, -0.15) is 0 Å². The van der Waals surface area contributed by atoms with E-state index in [9.17, 15) is 0 Å². The van der Waals surface area contributed by atoms with Gasteiger partial charge in [0.15, 0.2) is 0 Å². The fraction of sp³-hybridized carbons (Fsp3) is 0.500. The Hall–Kier alpha value is -0.690. The smallest absolute Gasteiger partial charge is 0.119 e. The van der Waals surface area contributed by atoms with Gasteiger partial charge in [0.1, 0.15) is 5.75 Å². The number of alkyl halides is 1. The first kappa shape index (κ1) is 9.85. The zero-order valence-electron chi connectivity index (χ0n) is 8.42. The standard InChI is InChI=1S/C12H15ClO/c1-14-11-4-2-3-10(7-11)8-12(9-13)5-6-12/h2-4,7H,5-6,8-9H2,1H3. The first-order chi connectivity index (χ1) is 6.78. The number of rotatable bonds is 4. The van der Waals surface area contributed by atoms with Crippen LogP contribution in [0.25, 0.3) is 0 Å². The molecule has 1 saturated carbocycles. The normalized spacial score (nSPS) is 17.9. The summed E-state index contributed by atoms with van der Waals surface area (Å²) in [6, 6.07) is 8.27. The highest BCUT2D eigenvalue weighted by Crippen LogP contribution is 2.49. The maximum atomic E-state index is 5.95. The molecule has 76 valence electrons. The lowest BCUT2D eigenvalue weighted by atomic mass is 9.98. The van der Waals surface area contributed by atoms with Gasteiger partial charge >= 0.3 is 0 Å². The zero-order chi connectivity index (χ0) is 10.0. The molecule has 0 bridgehead atoms. The van der Waals surface area contributed by atoms with Gasteiger partial charge in [-0.15, -0.1) is 11.6 Å². The number of hydrogen-bond acceptors (Lipinski definition) is 1. The van der Waals surface area contributed by atoms with Gasteiger partial charge < -0.3 is 4.74 Å². The van der Waals surface area contributed by atoms with E-state index in [1.165, 1.54) is 18.4 Å². The summed E-state index contributed by atoms with van der Waals surface area (Å²) in [5.74, 6) is 1.72. The Morgan fingerprint density at radius 3 is 2.79 bits per heavy atom. The molecular formula is C12H15ClO. The number of halogens is 1. The second kappa shape index (κ2) is 3.82. The third kappa shape index (κ3) is 2.03. The molecule has 2 heteroatoms. The van der Waals surface area contributed by atoms with Crippen molar-refractivity contribution in [3.05, 3.63) is 29.8 Å². The van der Waals surface area contributed by atoms with Crippen molar-refractivity contribution in [1.29, 1.82) is 0 Å². The highest BCUT2D eigenvalue weighted by Gasteiger charge is 2.41. The molecule has 0 saturated heterocycles. The molecule has 1 aromatic rings. The van der Waals surface area contributed by atoms with E-state index in [1.54, 1.807) is 7.11 Å². The minimum Gasteiger partial charge on any atom is -0.497 e. The summed E-state index contributed by atoms with van der Waals surface area (Å²) in [6.45, 7) is 0. The Labute approximate surface area is 90.0 Å². The summed E-state index contributed by atoms with van der Waals surface area (Å²) in [7, 11) is 1.70. The van der Waals surface area contributed by atoms with Gasteiger partial charge in [-0.25, -0.2) is 0 Å². The van der Waals surface area contributed by atoms with Crippen LogP contribution in [0.5, 0.6) is 5.75 Å². The van der Waals surface area contributed by atoms with E-state index in [-0.39, 0.29) is 0 Å². The van der Waals surface area contributed by atoms with Crippen molar-refractivity contribution in [1.82, 2.24) is 0 Å². The second-order valence-corrected chi connectivity index (χ2v) is 4.43. The molecule has 0 aliphatic heterocycles. The Bertz CT molecular complexity index is 318. The van der Waals surface area contributed by atoms with E-state index in [4.69, 9.17) is 16.3 Å². The van der Waals surface area contributed by atoms with Crippen LogP contribution in [-0.2, 0) is 6.42 Å². The van der Waals surface area contributed by atoms with Crippen LogP contribution in [-0.4, -0.2) is 13.0 Å². The molecule has 0 atom stereocenters. The Balaban J connectivity index is 2.09. The monoisotopic (exact) mass is 210 g/mol. The van der Waals surface area contributed by atoms with E-state index < -0.39 is 0 Å². The first-order valence-electron chi connectivity index (χ1n) is 4.97. The number of benzene rings is 1. The van der Waals surface area contributed by atoms with E-state index in [2.05, 4.69) is 12.1 Å². The van der Waals surface area contributed by atoms with Crippen molar-refractivity contribution in [3.8, 4) is 5.75 Å². The molecule has 0 spiro atoms. The number of ether oxygens (including phenoxy) is 1. The van der Waals surface area contributed by atoms with Crippen LogP contribution in [0.1, 0.15) is 18.4 Å². The first-order valence-corrected chi connectivity index (χ1v) is 5.50. The van der Waals surface area contributed by atoms with Gasteiger partial charge in [0.25, 0.3) is 0 Å². The zero-order valence-corrected chi connectivity index (χ0v) is 9.18. The van der Waals surface area contributed by atoms with Crippen LogP contribution >= 0.6 is 11.6 Å². The Morgan fingerprint density at radius 2 is 2.21 bits per heavy atom. The SMILES string of the molecule is COc1cccc(CC2(CCl)CC2)c1. The lowest BCUT2D eigenvalue weighted by molar-refractivity contribution is 0.413. The Morgan fingerprint density at radius 1 is 1.43 bits per heavy atom. The molecule has 0 aromatic heterocycles. The lowest BCUT2D eigenvalue weighted by Gasteiger charge is -2.11. The van der Waals surface area contributed by atoms with Crippen molar-refractivity contribution < 1.29 is 4.74 Å². The molecule has 0 radical (unpaired) electrons. The summed E-state index contributed by atoms with van der Waals surface area (Å²) in [5.41, 5.74) is 1.73. The van der Waals surface area contributed by atoms with Gasteiger partial charge in [0, 0.05) is 5.88 Å². The van der Waals surface area contributed by atoms with Crippen molar-refractivity contribution >= 4 is 11.6 Å². The highest BCUT2D eigenvalue weighted by molar-refractivity contribution is 6.18. The van der Waals surface area contributed by atoms with Crippen LogP contribution in [0.4, 0.5) is 0 Å². The van der Waals surface area contributed by atoms with Crippen molar-refractivity contribution in [2.75, 3.05) is 13.0 Å². The van der Waals surface area contributed by atoms with Gasteiger partial charge in [-0.1, -0.05) is 12.1 Å². The summed E-state index contributed by atoms with van der Waals surface area (Å²) < 4.78 is 5.19. The number of methoxy groups -OCH3 is 1. The minimum absolute atomic E-state index is 0.397. The van der Waals surface area contributed by atoms with Crippen LogP contribution in [0.15, 0.2) is 24.3 Å². The molecule has 1 aliphatic rings. The third-order valence-corrected chi connectivity index (χ3v) is 3.52. The third-order valence-electron chi connectivity index (χ3n) is 2.95. The van der Waals surface area contributed by atoms with Crippen LogP contribution in [0.2, 0.25) is 0 Å². The fourth-order valence-corrected chi connectivity index (χ4v) is 2.11. The fourth-order valence-electron chi connectivity index (χ4n) is 1.75. The molecule has 14 heavy (non-hydrogen) atoms. The van der Waals surface area contributed by atoms with E-state index in [1.807, 2.05) is 12.1 Å². The van der Waals surface area contributed by atoms with E-state index in [0.29, 0.717) is 5.41 Å². The van der Waals surface area contributed by atoms with E-state index >= 15 is 0 Å². The molecule has 1 aliphatic carbocycles. The molecule has 0 heterocycles. The molecule has 0 unspecified atom stereocenters. The van der Waals surface area contributed by atoms with Gasteiger partial charge in [-0.05, 0) is 42.4 Å². The van der Waals surface area contributed by atoms with Crippen LogP contribution in [0, 0.1) is 5.41 Å². The maximum absolute atomic E-state index is 5.95. The predicted octanol–water partition coefficient (Wildman–Crippen LogP) is 3.26. The number of hydrogen-bond donors (Lipinski definition) is 0. The summed E-state index contributed by atoms with van der Waals surface area (Å²) in [6.07, 6.45) is 3.63. The second-order valence-electron chi connectivity index (χ2n) is 4.16. The van der Waals surface area contributed by atoms with Crippen molar-refractivity contribution in [2.24, 2.45) is 5.41 Å². The largest absolute Gasteiger partial charge is 0.497 e. The molecule has 1 fully saturated rings. The van der Waals surface area contributed by atoms with Gasteiger partial charge in [-0.3, -0.25) is 0 Å².